The fourth-order valence-corrected chi connectivity index (χ4v) is 2.42. The molecule has 0 unspecified atom stereocenters. The van der Waals surface area contributed by atoms with E-state index in [9.17, 15) is 24.5 Å². The number of hydrogen-bond donors (Lipinski definition) is 2. The van der Waals surface area contributed by atoms with Crippen molar-refractivity contribution in [2.75, 3.05) is 18.5 Å². The van der Waals surface area contributed by atoms with Crippen molar-refractivity contribution in [1.29, 1.82) is 0 Å². The van der Waals surface area contributed by atoms with Crippen molar-refractivity contribution >= 4 is 29.2 Å². The molecular weight excluding hydrogens is 394 g/mol. The van der Waals surface area contributed by atoms with Crippen LogP contribution in [0.1, 0.15) is 24.2 Å². The molecule has 0 aromatic heterocycles. The number of nitrogens with one attached hydrogen (secondary N) is 2. The van der Waals surface area contributed by atoms with Gasteiger partial charge in [0.25, 0.3) is 17.5 Å². The van der Waals surface area contributed by atoms with Crippen molar-refractivity contribution < 1.29 is 28.8 Å². The Morgan fingerprint density at radius 2 is 1.87 bits per heavy atom. The van der Waals surface area contributed by atoms with Crippen molar-refractivity contribution in [1.82, 2.24) is 5.32 Å². The first-order valence-corrected chi connectivity index (χ1v) is 9.06. The van der Waals surface area contributed by atoms with Gasteiger partial charge in [-0.15, -0.1) is 0 Å². The number of rotatable bonds is 9. The van der Waals surface area contributed by atoms with Gasteiger partial charge in [0.05, 0.1) is 17.1 Å². The molecule has 2 N–H and O–H groups in total. The van der Waals surface area contributed by atoms with E-state index < -0.39 is 35.4 Å². The van der Waals surface area contributed by atoms with Gasteiger partial charge in [-0.05, 0) is 32.0 Å². The SMILES string of the molecule is CCOc1ccccc1C(=O)NCC(=O)O[C@@H](C)C(=O)Nc1cccc([N+](=O)[O-])c1. The number of para-hydroxylation sites is 1. The second-order valence-electron chi connectivity index (χ2n) is 6.04. The van der Waals surface area contributed by atoms with Crippen LogP contribution in [0.3, 0.4) is 0 Å². The molecule has 2 aromatic rings. The Bertz CT molecular complexity index is 946. The van der Waals surface area contributed by atoms with Gasteiger partial charge in [-0.2, -0.15) is 0 Å². The lowest BCUT2D eigenvalue weighted by molar-refractivity contribution is -0.384. The first-order valence-electron chi connectivity index (χ1n) is 9.06. The average molecular weight is 415 g/mol. The maximum absolute atomic E-state index is 12.3. The number of amides is 2. The summed E-state index contributed by atoms with van der Waals surface area (Å²) in [7, 11) is 0. The monoisotopic (exact) mass is 415 g/mol. The number of nitro benzene ring substituents is 1. The molecule has 0 bridgehead atoms. The van der Waals surface area contributed by atoms with Crippen LogP contribution < -0.4 is 15.4 Å². The van der Waals surface area contributed by atoms with E-state index in [1.54, 1.807) is 31.2 Å². The minimum Gasteiger partial charge on any atom is -0.493 e. The van der Waals surface area contributed by atoms with E-state index in [0.717, 1.165) is 0 Å². The first-order chi connectivity index (χ1) is 14.3. The van der Waals surface area contributed by atoms with Gasteiger partial charge in [0.2, 0.25) is 0 Å². The summed E-state index contributed by atoms with van der Waals surface area (Å²) in [6.45, 7) is 3.06. The Morgan fingerprint density at radius 1 is 1.13 bits per heavy atom. The van der Waals surface area contributed by atoms with E-state index >= 15 is 0 Å². The van der Waals surface area contributed by atoms with Gasteiger partial charge in [-0.1, -0.05) is 18.2 Å². The molecule has 0 saturated heterocycles. The van der Waals surface area contributed by atoms with Gasteiger partial charge in [-0.25, -0.2) is 0 Å². The van der Waals surface area contributed by atoms with Crippen molar-refractivity contribution in [2.24, 2.45) is 0 Å². The lowest BCUT2D eigenvalue weighted by Gasteiger charge is -2.14. The number of esters is 1. The van der Waals surface area contributed by atoms with Crippen molar-refractivity contribution in [3.8, 4) is 5.75 Å². The highest BCUT2D eigenvalue weighted by atomic mass is 16.6. The van der Waals surface area contributed by atoms with Gasteiger partial charge in [-0.3, -0.25) is 24.5 Å². The number of ether oxygens (including phenoxy) is 2. The molecule has 0 spiro atoms. The maximum atomic E-state index is 12.3. The molecule has 0 radical (unpaired) electrons. The number of nitro groups is 1. The van der Waals surface area contributed by atoms with E-state index in [2.05, 4.69) is 10.6 Å². The van der Waals surface area contributed by atoms with Gasteiger partial charge in [0.15, 0.2) is 6.10 Å². The van der Waals surface area contributed by atoms with Crippen LogP contribution in [0.15, 0.2) is 48.5 Å². The Kier molecular flexibility index (Phi) is 7.86. The molecule has 158 valence electrons. The summed E-state index contributed by atoms with van der Waals surface area (Å²) >= 11 is 0. The topological polar surface area (TPSA) is 137 Å². The molecule has 10 heteroatoms. The molecule has 0 aliphatic rings. The predicted molar refractivity (Wildman–Crippen MR) is 107 cm³/mol. The van der Waals surface area contributed by atoms with Gasteiger partial charge in [0, 0.05) is 17.8 Å². The Morgan fingerprint density at radius 3 is 2.57 bits per heavy atom. The Balaban J connectivity index is 1.87. The van der Waals surface area contributed by atoms with Crippen LogP contribution in [-0.4, -0.2) is 42.0 Å². The van der Waals surface area contributed by atoms with Crippen LogP contribution in [-0.2, 0) is 14.3 Å². The standard InChI is InChI=1S/C20H21N3O7/c1-3-29-17-10-5-4-9-16(17)20(26)21-12-18(24)30-13(2)19(25)22-14-7-6-8-15(11-14)23(27)28/h4-11,13H,3,12H2,1-2H3,(H,21,26)(H,22,25)/t13-/m0/s1. The van der Waals surface area contributed by atoms with Crippen LogP contribution >= 0.6 is 0 Å². The zero-order valence-corrected chi connectivity index (χ0v) is 16.4. The second-order valence-corrected chi connectivity index (χ2v) is 6.04. The third-order valence-corrected chi connectivity index (χ3v) is 3.83. The molecule has 1 atom stereocenters. The minimum atomic E-state index is -1.18. The van der Waals surface area contributed by atoms with E-state index in [1.165, 1.54) is 31.2 Å². The third-order valence-electron chi connectivity index (χ3n) is 3.83. The largest absolute Gasteiger partial charge is 0.493 e. The molecule has 0 saturated carbocycles. The zero-order chi connectivity index (χ0) is 22.1. The lowest BCUT2D eigenvalue weighted by atomic mass is 10.2. The average Bonchev–Trinajstić information content (AvgIpc) is 2.72. The van der Waals surface area contributed by atoms with E-state index in [1.807, 2.05) is 0 Å². The molecule has 0 heterocycles. The number of carbonyl (C=O) groups excluding carboxylic acids is 3. The number of nitrogens with zero attached hydrogens (tertiary/aromatic N) is 1. The fraction of sp³-hybridized carbons (Fsp3) is 0.250. The summed E-state index contributed by atoms with van der Waals surface area (Å²) in [5, 5.41) is 15.6. The highest BCUT2D eigenvalue weighted by molar-refractivity contribution is 5.99. The van der Waals surface area contributed by atoms with E-state index in [0.29, 0.717) is 12.4 Å². The van der Waals surface area contributed by atoms with Crippen LogP contribution in [0.25, 0.3) is 0 Å². The van der Waals surface area contributed by atoms with Crippen molar-refractivity contribution in [3.63, 3.8) is 0 Å². The van der Waals surface area contributed by atoms with E-state index in [4.69, 9.17) is 9.47 Å². The Labute approximate surface area is 172 Å². The number of non-ortho nitro benzene ring substituents is 1. The molecule has 0 aliphatic heterocycles. The number of hydrogen-bond acceptors (Lipinski definition) is 7. The number of anilines is 1. The quantitative estimate of drug-likeness (QED) is 0.364. The van der Waals surface area contributed by atoms with Gasteiger partial charge >= 0.3 is 5.97 Å². The smallest absolute Gasteiger partial charge is 0.326 e. The highest BCUT2D eigenvalue weighted by Crippen LogP contribution is 2.18. The number of benzene rings is 2. The predicted octanol–water partition coefficient (Wildman–Crippen LogP) is 2.29. The summed E-state index contributed by atoms with van der Waals surface area (Å²) in [6.07, 6.45) is -1.18. The summed E-state index contributed by atoms with van der Waals surface area (Å²) in [5.41, 5.74) is 0.272. The molecule has 2 rings (SSSR count). The Hall–Kier alpha value is -3.95. The van der Waals surface area contributed by atoms with Crippen molar-refractivity contribution in [2.45, 2.75) is 20.0 Å². The molecule has 0 aliphatic carbocycles. The maximum Gasteiger partial charge on any atom is 0.326 e. The third kappa shape index (κ3) is 6.30. The molecule has 10 nitrogen and oxygen atoms in total. The molecule has 2 amide bonds. The van der Waals surface area contributed by atoms with Crippen LogP contribution in [0.5, 0.6) is 5.75 Å². The molecule has 0 fully saturated rings. The molecular formula is C20H21N3O7. The second kappa shape index (κ2) is 10.6. The van der Waals surface area contributed by atoms with Gasteiger partial charge < -0.3 is 20.1 Å². The lowest BCUT2D eigenvalue weighted by Crippen LogP contribution is -2.36. The normalized spacial score (nSPS) is 11.1. The summed E-state index contributed by atoms with van der Waals surface area (Å²) in [4.78, 5) is 46.6. The van der Waals surface area contributed by atoms with Gasteiger partial charge in [0.1, 0.15) is 12.3 Å². The molecule has 30 heavy (non-hydrogen) atoms. The van der Waals surface area contributed by atoms with Crippen LogP contribution in [0.2, 0.25) is 0 Å². The summed E-state index contributed by atoms with van der Waals surface area (Å²) < 4.78 is 10.4. The number of carbonyl (C=O) groups is 3. The fourth-order valence-electron chi connectivity index (χ4n) is 2.42. The summed E-state index contributed by atoms with van der Waals surface area (Å²) in [6, 6.07) is 11.9. The van der Waals surface area contributed by atoms with E-state index in [-0.39, 0.29) is 16.9 Å². The first kappa shape index (κ1) is 22.3. The summed E-state index contributed by atoms with van der Waals surface area (Å²) in [5.74, 6) is -1.63. The van der Waals surface area contributed by atoms with Crippen molar-refractivity contribution in [3.05, 3.63) is 64.2 Å². The highest BCUT2D eigenvalue weighted by Gasteiger charge is 2.20. The molecule has 2 aromatic carbocycles. The van der Waals surface area contributed by atoms with Crippen LogP contribution in [0, 0.1) is 10.1 Å². The zero-order valence-electron chi connectivity index (χ0n) is 16.4. The van der Waals surface area contributed by atoms with Crippen LogP contribution in [0.4, 0.5) is 11.4 Å². The minimum absolute atomic E-state index is 0.188.